The van der Waals surface area contributed by atoms with E-state index in [9.17, 15) is 9.59 Å². The Morgan fingerprint density at radius 1 is 1.30 bits per heavy atom. The minimum Gasteiger partial charge on any atom is -0.477 e. The number of carboxylic acids is 1. The Bertz CT molecular complexity index is 722. The quantitative estimate of drug-likeness (QED) is 0.751. The Balaban J connectivity index is 1.78. The number of carbonyl (C=O) groups excluding carboxylic acids is 1. The van der Waals surface area contributed by atoms with E-state index in [1.54, 1.807) is 0 Å². The number of hydrogen-bond donors (Lipinski definition) is 2. The average Bonchev–Trinajstić information content (AvgIpc) is 3.07. The molecule has 2 N–H and O–H groups in total. The molecule has 124 valence electrons. The zero-order valence-electron chi connectivity index (χ0n) is 12.9. The monoisotopic (exact) mass is 383 g/mol. The first kappa shape index (κ1) is 17.2. The van der Waals surface area contributed by atoms with Crippen LogP contribution < -0.4 is 5.32 Å². The van der Waals surface area contributed by atoms with Gasteiger partial charge in [-0.25, -0.2) is 4.79 Å². The number of rotatable bonds is 7. The lowest BCUT2D eigenvalue weighted by Crippen LogP contribution is -2.29. The van der Waals surface area contributed by atoms with E-state index >= 15 is 0 Å². The Labute approximate surface area is 141 Å². The van der Waals surface area contributed by atoms with E-state index in [0.29, 0.717) is 13.1 Å². The predicted octanol–water partition coefficient (Wildman–Crippen LogP) is 1.36. The van der Waals surface area contributed by atoms with Gasteiger partial charge in [-0.2, -0.15) is 10.2 Å². The molecule has 0 aliphatic heterocycles. The van der Waals surface area contributed by atoms with Crippen molar-refractivity contribution in [3.8, 4) is 0 Å². The van der Waals surface area contributed by atoms with Crippen molar-refractivity contribution in [2.45, 2.75) is 33.4 Å². The van der Waals surface area contributed by atoms with Crippen LogP contribution in [-0.2, 0) is 17.9 Å². The van der Waals surface area contributed by atoms with E-state index in [1.165, 1.54) is 16.9 Å². The molecular weight excluding hydrogens is 366 g/mol. The van der Waals surface area contributed by atoms with Crippen molar-refractivity contribution in [2.24, 2.45) is 0 Å². The molecule has 0 fully saturated rings. The van der Waals surface area contributed by atoms with E-state index in [1.807, 2.05) is 18.5 Å². The van der Waals surface area contributed by atoms with Gasteiger partial charge in [-0.05, 0) is 35.8 Å². The normalized spacial score (nSPS) is 10.7. The van der Waals surface area contributed by atoms with Crippen LogP contribution in [0.2, 0.25) is 0 Å². The lowest BCUT2D eigenvalue weighted by molar-refractivity contribution is -0.121. The van der Waals surface area contributed by atoms with Crippen LogP contribution in [0.3, 0.4) is 0 Å². The number of aromatic carboxylic acids is 1. The zero-order chi connectivity index (χ0) is 17.0. The second-order valence-electron chi connectivity index (χ2n) is 5.05. The third-order valence-corrected chi connectivity index (χ3v) is 4.57. The Kier molecular flexibility index (Phi) is 5.54. The summed E-state index contributed by atoms with van der Waals surface area (Å²) in [6.07, 6.45) is 1.57. The molecule has 0 unspecified atom stereocenters. The summed E-state index contributed by atoms with van der Waals surface area (Å²) < 4.78 is 4.11. The molecule has 2 heterocycles. The van der Waals surface area contributed by atoms with Crippen molar-refractivity contribution in [1.29, 1.82) is 0 Å². The van der Waals surface area contributed by atoms with Crippen LogP contribution in [0, 0.1) is 13.8 Å². The topological polar surface area (TPSA) is 102 Å². The molecule has 1 amide bonds. The minimum atomic E-state index is -1.06. The maximum absolute atomic E-state index is 11.8. The highest BCUT2D eigenvalue weighted by atomic mass is 79.9. The zero-order valence-corrected chi connectivity index (χ0v) is 14.5. The maximum Gasteiger partial charge on any atom is 0.354 e. The number of aromatic nitrogens is 4. The van der Waals surface area contributed by atoms with E-state index in [2.05, 4.69) is 31.4 Å². The van der Waals surface area contributed by atoms with Crippen molar-refractivity contribution in [3.63, 3.8) is 0 Å². The summed E-state index contributed by atoms with van der Waals surface area (Å²) in [5.74, 6) is -1.21. The van der Waals surface area contributed by atoms with Crippen molar-refractivity contribution in [1.82, 2.24) is 24.9 Å². The second kappa shape index (κ2) is 7.40. The van der Waals surface area contributed by atoms with E-state index < -0.39 is 5.97 Å². The van der Waals surface area contributed by atoms with Crippen LogP contribution in [-0.4, -0.2) is 43.1 Å². The molecule has 0 spiro atoms. The van der Waals surface area contributed by atoms with Gasteiger partial charge < -0.3 is 10.4 Å². The number of nitrogens with one attached hydrogen (secondary N) is 1. The molecule has 23 heavy (non-hydrogen) atoms. The minimum absolute atomic E-state index is 0.0743. The molecule has 0 atom stereocenters. The highest BCUT2D eigenvalue weighted by Gasteiger charge is 2.12. The first-order valence-electron chi connectivity index (χ1n) is 7.11. The first-order chi connectivity index (χ1) is 10.9. The molecule has 9 heteroatoms. The summed E-state index contributed by atoms with van der Waals surface area (Å²) in [6.45, 7) is 5.13. The Hall–Kier alpha value is -2.16. The summed E-state index contributed by atoms with van der Waals surface area (Å²) in [5, 5.41) is 20.0. The predicted molar refractivity (Wildman–Crippen MR) is 86.2 cm³/mol. The van der Waals surface area contributed by atoms with Crippen LogP contribution in [0.25, 0.3) is 0 Å². The molecule has 0 saturated carbocycles. The number of amides is 1. The van der Waals surface area contributed by atoms with Crippen LogP contribution in [0.1, 0.15) is 28.3 Å². The summed E-state index contributed by atoms with van der Waals surface area (Å²) in [4.78, 5) is 22.8. The molecule has 0 saturated heterocycles. The fraction of sp³-hybridized carbons (Fsp3) is 0.429. The fourth-order valence-corrected chi connectivity index (χ4v) is 2.47. The molecule has 2 rings (SSSR count). The number of aryl methyl sites for hydroxylation is 2. The standard InChI is InChI=1S/C14H18BrN5O3/c1-9-13(15)10(2)19(18-9)8-6-16-12(21)4-7-20-11(14(22)23)3-5-17-20/h3,5H,4,6-8H2,1-2H3,(H,16,21)(H,22,23). The van der Waals surface area contributed by atoms with Gasteiger partial charge in [0.15, 0.2) is 0 Å². The smallest absolute Gasteiger partial charge is 0.354 e. The highest BCUT2D eigenvalue weighted by Crippen LogP contribution is 2.19. The van der Waals surface area contributed by atoms with Crippen LogP contribution >= 0.6 is 15.9 Å². The van der Waals surface area contributed by atoms with Crippen molar-refractivity contribution >= 4 is 27.8 Å². The van der Waals surface area contributed by atoms with Crippen molar-refractivity contribution in [3.05, 3.63) is 33.8 Å². The Morgan fingerprint density at radius 2 is 2.04 bits per heavy atom. The molecule has 0 aliphatic rings. The van der Waals surface area contributed by atoms with Gasteiger partial charge in [0.2, 0.25) is 5.91 Å². The molecule has 0 aromatic carbocycles. The van der Waals surface area contributed by atoms with Gasteiger partial charge in [0.25, 0.3) is 0 Å². The molecule has 0 bridgehead atoms. The molecule has 2 aromatic heterocycles. The number of nitrogens with zero attached hydrogens (tertiary/aromatic N) is 4. The van der Waals surface area contributed by atoms with Gasteiger partial charge in [-0.3, -0.25) is 14.2 Å². The van der Waals surface area contributed by atoms with Crippen molar-refractivity contribution in [2.75, 3.05) is 6.54 Å². The van der Waals surface area contributed by atoms with Gasteiger partial charge in [-0.15, -0.1) is 0 Å². The first-order valence-corrected chi connectivity index (χ1v) is 7.90. The van der Waals surface area contributed by atoms with Crippen molar-refractivity contribution < 1.29 is 14.7 Å². The average molecular weight is 384 g/mol. The van der Waals surface area contributed by atoms with Gasteiger partial charge in [0.05, 0.1) is 23.3 Å². The van der Waals surface area contributed by atoms with Crippen LogP contribution in [0.5, 0.6) is 0 Å². The van der Waals surface area contributed by atoms with Crippen LogP contribution in [0.4, 0.5) is 0 Å². The largest absolute Gasteiger partial charge is 0.477 e. The fourth-order valence-electron chi connectivity index (χ4n) is 2.18. The van der Waals surface area contributed by atoms with E-state index in [0.717, 1.165) is 15.9 Å². The molecule has 2 aromatic rings. The summed E-state index contributed by atoms with van der Waals surface area (Å²) >= 11 is 3.46. The van der Waals surface area contributed by atoms with Crippen LogP contribution in [0.15, 0.2) is 16.7 Å². The van der Waals surface area contributed by atoms with Gasteiger partial charge in [0.1, 0.15) is 5.69 Å². The van der Waals surface area contributed by atoms with E-state index in [4.69, 9.17) is 5.11 Å². The maximum atomic E-state index is 11.8. The van der Waals surface area contributed by atoms with Gasteiger partial charge in [-0.1, -0.05) is 0 Å². The van der Waals surface area contributed by atoms with Gasteiger partial charge >= 0.3 is 5.97 Å². The molecule has 8 nitrogen and oxygen atoms in total. The van der Waals surface area contributed by atoms with E-state index in [-0.39, 0.29) is 24.6 Å². The summed E-state index contributed by atoms with van der Waals surface area (Å²) in [7, 11) is 0. The lowest BCUT2D eigenvalue weighted by atomic mass is 10.3. The molecule has 0 radical (unpaired) electrons. The third-order valence-electron chi connectivity index (χ3n) is 3.43. The lowest BCUT2D eigenvalue weighted by Gasteiger charge is -2.08. The molecular formula is C14H18BrN5O3. The second-order valence-corrected chi connectivity index (χ2v) is 5.85. The summed E-state index contributed by atoms with van der Waals surface area (Å²) in [6, 6.07) is 1.40. The molecule has 0 aliphatic carbocycles. The number of hydrogen-bond acceptors (Lipinski definition) is 4. The highest BCUT2D eigenvalue weighted by molar-refractivity contribution is 9.10. The SMILES string of the molecule is Cc1nn(CCNC(=O)CCn2nccc2C(=O)O)c(C)c1Br. The Morgan fingerprint density at radius 3 is 2.65 bits per heavy atom. The summed E-state index contributed by atoms with van der Waals surface area (Å²) in [5.41, 5.74) is 2.00. The number of halogens is 1. The number of carbonyl (C=O) groups is 2. The van der Waals surface area contributed by atoms with Gasteiger partial charge in [0, 0.05) is 24.9 Å². The number of carboxylic acid groups (broad SMARTS) is 1. The third kappa shape index (κ3) is 4.19.